The minimum Gasteiger partial charge on any atom is -0.348 e. The van der Waals surface area contributed by atoms with Gasteiger partial charge in [0.15, 0.2) is 0 Å². The lowest BCUT2D eigenvalue weighted by atomic mass is 10.2. The maximum absolute atomic E-state index is 12.9. The van der Waals surface area contributed by atoms with Crippen LogP contribution in [0, 0.1) is 0 Å². The van der Waals surface area contributed by atoms with Crippen molar-refractivity contribution in [2.75, 3.05) is 4.72 Å². The number of nitrogens with zero attached hydrogens (tertiary/aromatic N) is 1. The van der Waals surface area contributed by atoms with Crippen molar-refractivity contribution in [2.45, 2.75) is 11.4 Å². The number of hydrogen-bond donors (Lipinski definition) is 2. The molecule has 6 nitrogen and oxygen atoms in total. The lowest BCUT2D eigenvalue weighted by molar-refractivity contribution is 0.0951. The van der Waals surface area contributed by atoms with Crippen molar-refractivity contribution in [3.63, 3.8) is 0 Å². The molecule has 4 rings (SSSR count). The Morgan fingerprint density at radius 1 is 0.833 bits per heavy atom. The Balaban J connectivity index is 1.48. The highest BCUT2D eigenvalue weighted by atomic mass is 32.2. The van der Waals surface area contributed by atoms with E-state index in [4.69, 9.17) is 0 Å². The molecule has 150 valence electrons. The predicted octanol–water partition coefficient (Wildman–Crippen LogP) is 3.97. The lowest BCUT2D eigenvalue weighted by Crippen LogP contribution is -2.22. The van der Waals surface area contributed by atoms with E-state index >= 15 is 0 Å². The van der Waals surface area contributed by atoms with Crippen molar-refractivity contribution < 1.29 is 13.2 Å². The molecule has 1 heterocycles. The smallest absolute Gasteiger partial charge is 0.264 e. The summed E-state index contributed by atoms with van der Waals surface area (Å²) in [5.74, 6) is -0.230. The first-order valence-electron chi connectivity index (χ1n) is 9.32. The Morgan fingerprint density at radius 3 is 2.33 bits per heavy atom. The second-order valence-electron chi connectivity index (χ2n) is 6.68. The molecule has 4 aromatic rings. The second-order valence-corrected chi connectivity index (χ2v) is 8.33. The van der Waals surface area contributed by atoms with Gasteiger partial charge in [0.2, 0.25) is 0 Å². The minimum atomic E-state index is -3.83. The number of para-hydroxylation sites is 1. The number of rotatable bonds is 6. The van der Waals surface area contributed by atoms with Crippen LogP contribution in [0.15, 0.2) is 96.0 Å². The number of aromatic nitrogens is 1. The fraction of sp³-hybridized carbons (Fsp3) is 0.0435. The highest BCUT2D eigenvalue weighted by Crippen LogP contribution is 2.23. The summed E-state index contributed by atoms with van der Waals surface area (Å²) in [5.41, 5.74) is 2.21. The van der Waals surface area contributed by atoms with E-state index in [2.05, 4.69) is 15.0 Å². The summed E-state index contributed by atoms with van der Waals surface area (Å²) in [6.07, 6.45) is 1.56. The van der Waals surface area contributed by atoms with Gasteiger partial charge in [-0.15, -0.1) is 0 Å². The zero-order valence-corrected chi connectivity index (χ0v) is 16.8. The number of benzene rings is 3. The van der Waals surface area contributed by atoms with E-state index in [1.807, 2.05) is 42.5 Å². The van der Waals surface area contributed by atoms with Gasteiger partial charge in [0.05, 0.1) is 5.52 Å². The highest BCUT2D eigenvalue weighted by Gasteiger charge is 2.18. The number of carbonyl (C=O) groups excluding carboxylic acids is 1. The van der Waals surface area contributed by atoms with E-state index in [0.717, 1.165) is 10.9 Å². The SMILES string of the molecule is O=C(NCc1ccccc1)c1ccc(NS(=O)(=O)c2cccc3cccnc23)cc1. The molecule has 0 unspecified atom stereocenters. The number of sulfonamides is 1. The van der Waals surface area contributed by atoms with Gasteiger partial charge in [0.1, 0.15) is 4.90 Å². The summed E-state index contributed by atoms with van der Waals surface area (Å²) >= 11 is 0. The molecule has 0 saturated carbocycles. The zero-order valence-electron chi connectivity index (χ0n) is 15.9. The maximum atomic E-state index is 12.9. The Hall–Kier alpha value is -3.71. The molecule has 0 radical (unpaired) electrons. The van der Waals surface area contributed by atoms with Gasteiger partial charge >= 0.3 is 0 Å². The molecule has 0 spiro atoms. The molecule has 3 aromatic carbocycles. The Morgan fingerprint density at radius 2 is 1.57 bits per heavy atom. The maximum Gasteiger partial charge on any atom is 0.264 e. The Bertz CT molecular complexity index is 1280. The summed E-state index contributed by atoms with van der Waals surface area (Å²) in [6, 6.07) is 24.5. The standard InChI is InChI=1S/C23H19N3O3S/c27-23(25-16-17-6-2-1-3-7-17)19-11-13-20(14-12-19)26-30(28,29)21-10-4-8-18-9-5-15-24-22(18)21/h1-15,26H,16H2,(H,25,27). The van der Waals surface area contributed by atoms with Crippen LogP contribution in [0.4, 0.5) is 5.69 Å². The molecule has 0 aliphatic rings. The van der Waals surface area contributed by atoms with Crippen LogP contribution >= 0.6 is 0 Å². The second kappa shape index (κ2) is 8.34. The topological polar surface area (TPSA) is 88.2 Å². The molecular weight excluding hydrogens is 398 g/mol. The third-order valence-electron chi connectivity index (χ3n) is 4.58. The molecule has 0 atom stereocenters. The van der Waals surface area contributed by atoms with E-state index in [-0.39, 0.29) is 10.8 Å². The molecule has 0 fully saturated rings. The van der Waals surface area contributed by atoms with Crippen molar-refractivity contribution in [2.24, 2.45) is 0 Å². The summed E-state index contributed by atoms with van der Waals surface area (Å²) in [4.78, 5) is 16.6. The fourth-order valence-electron chi connectivity index (χ4n) is 3.07. The first-order valence-corrected chi connectivity index (χ1v) is 10.8. The molecule has 1 amide bonds. The van der Waals surface area contributed by atoms with Crippen molar-refractivity contribution >= 4 is 32.5 Å². The summed E-state index contributed by atoms with van der Waals surface area (Å²) in [7, 11) is -3.83. The first kappa shape index (κ1) is 19.6. The average Bonchev–Trinajstić information content (AvgIpc) is 2.78. The zero-order chi connectivity index (χ0) is 21.0. The third-order valence-corrected chi connectivity index (χ3v) is 5.99. The van der Waals surface area contributed by atoms with Crippen molar-refractivity contribution in [3.8, 4) is 0 Å². The normalized spacial score (nSPS) is 11.2. The monoisotopic (exact) mass is 417 g/mol. The fourth-order valence-corrected chi connectivity index (χ4v) is 4.31. The number of anilines is 1. The van der Waals surface area contributed by atoms with Gasteiger partial charge in [-0.05, 0) is 42.0 Å². The van der Waals surface area contributed by atoms with Gasteiger partial charge in [0.25, 0.3) is 15.9 Å². The van der Waals surface area contributed by atoms with Crippen LogP contribution in [-0.4, -0.2) is 19.3 Å². The number of pyridine rings is 1. The van der Waals surface area contributed by atoms with Crippen LogP contribution in [0.25, 0.3) is 10.9 Å². The minimum absolute atomic E-state index is 0.102. The van der Waals surface area contributed by atoms with E-state index < -0.39 is 10.0 Å². The number of hydrogen-bond acceptors (Lipinski definition) is 4. The number of amides is 1. The van der Waals surface area contributed by atoms with Gasteiger partial charge < -0.3 is 5.32 Å². The van der Waals surface area contributed by atoms with E-state index in [0.29, 0.717) is 23.3 Å². The number of carbonyl (C=O) groups is 1. The molecule has 7 heteroatoms. The van der Waals surface area contributed by atoms with Crippen molar-refractivity contribution in [3.05, 3.63) is 102 Å². The first-order chi connectivity index (χ1) is 14.5. The molecule has 1 aromatic heterocycles. The highest BCUT2D eigenvalue weighted by molar-refractivity contribution is 7.93. The van der Waals surface area contributed by atoms with Crippen LogP contribution in [0.5, 0.6) is 0 Å². The van der Waals surface area contributed by atoms with E-state index in [9.17, 15) is 13.2 Å². The van der Waals surface area contributed by atoms with E-state index in [1.165, 1.54) is 6.07 Å². The van der Waals surface area contributed by atoms with Crippen LogP contribution < -0.4 is 10.0 Å². The van der Waals surface area contributed by atoms with Crippen LogP contribution in [0.3, 0.4) is 0 Å². The Kier molecular flexibility index (Phi) is 5.45. The average molecular weight is 417 g/mol. The van der Waals surface area contributed by atoms with E-state index in [1.54, 1.807) is 42.6 Å². The van der Waals surface area contributed by atoms with Crippen molar-refractivity contribution in [1.29, 1.82) is 0 Å². The third kappa shape index (κ3) is 4.31. The summed E-state index contributed by atoms with van der Waals surface area (Å²) in [5, 5.41) is 3.58. The van der Waals surface area contributed by atoms with Crippen LogP contribution in [0.1, 0.15) is 15.9 Å². The summed E-state index contributed by atoms with van der Waals surface area (Å²) in [6.45, 7) is 0.419. The molecule has 2 N–H and O–H groups in total. The molecule has 0 saturated heterocycles. The quantitative estimate of drug-likeness (QED) is 0.497. The number of fused-ring (bicyclic) bond motifs is 1. The molecule has 30 heavy (non-hydrogen) atoms. The van der Waals surface area contributed by atoms with Crippen LogP contribution in [0.2, 0.25) is 0 Å². The molecule has 0 aliphatic heterocycles. The molecule has 0 aliphatic carbocycles. The van der Waals surface area contributed by atoms with Gasteiger partial charge in [-0.2, -0.15) is 0 Å². The number of nitrogens with one attached hydrogen (secondary N) is 2. The summed E-state index contributed by atoms with van der Waals surface area (Å²) < 4.78 is 28.3. The van der Waals surface area contributed by atoms with Gasteiger partial charge in [-0.25, -0.2) is 8.42 Å². The molecule has 0 bridgehead atoms. The Labute approximate surface area is 174 Å². The molecular formula is C23H19N3O3S. The largest absolute Gasteiger partial charge is 0.348 e. The van der Waals surface area contributed by atoms with Gasteiger partial charge in [-0.3, -0.25) is 14.5 Å². The van der Waals surface area contributed by atoms with Gasteiger partial charge in [0, 0.05) is 29.4 Å². The van der Waals surface area contributed by atoms with Gasteiger partial charge in [-0.1, -0.05) is 48.5 Å². The predicted molar refractivity (Wildman–Crippen MR) is 117 cm³/mol. The van der Waals surface area contributed by atoms with Crippen LogP contribution in [-0.2, 0) is 16.6 Å². The lowest BCUT2D eigenvalue weighted by Gasteiger charge is -2.11. The van der Waals surface area contributed by atoms with Crippen molar-refractivity contribution in [1.82, 2.24) is 10.3 Å².